The molecule has 19 heavy (non-hydrogen) atoms. The molecule has 2 N–H and O–H groups in total. The lowest BCUT2D eigenvalue weighted by Gasteiger charge is -2.35. The summed E-state index contributed by atoms with van der Waals surface area (Å²) >= 11 is 0. The fourth-order valence-corrected chi connectivity index (χ4v) is 2.74. The van der Waals surface area contributed by atoms with Crippen molar-refractivity contribution in [1.29, 1.82) is 0 Å². The average molecular weight is 264 g/mol. The molecule has 1 aromatic carbocycles. The molecule has 1 atom stereocenters. The molecule has 1 aliphatic heterocycles. The van der Waals surface area contributed by atoms with Gasteiger partial charge in [0.05, 0.1) is 7.11 Å². The van der Waals surface area contributed by atoms with Crippen LogP contribution in [0, 0.1) is 0 Å². The molecule has 0 aliphatic carbocycles. The Morgan fingerprint density at radius 1 is 1.37 bits per heavy atom. The summed E-state index contributed by atoms with van der Waals surface area (Å²) in [5, 5.41) is 13.3. The Labute approximate surface area is 115 Å². The van der Waals surface area contributed by atoms with Gasteiger partial charge in [-0.05, 0) is 24.1 Å². The Balaban J connectivity index is 2.19. The van der Waals surface area contributed by atoms with Gasteiger partial charge in [0.1, 0.15) is 0 Å². The molecule has 1 heterocycles. The number of nitrogens with one attached hydrogen (secondary N) is 1. The van der Waals surface area contributed by atoms with Crippen LogP contribution in [-0.2, 0) is 0 Å². The molecule has 1 fully saturated rings. The number of phenols is 1. The van der Waals surface area contributed by atoms with Gasteiger partial charge in [0.2, 0.25) is 0 Å². The van der Waals surface area contributed by atoms with Crippen LogP contribution in [0.4, 0.5) is 0 Å². The molecular weight excluding hydrogens is 240 g/mol. The van der Waals surface area contributed by atoms with Gasteiger partial charge in [-0.3, -0.25) is 4.90 Å². The van der Waals surface area contributed by atoms with E-state index in [1.165, 1.54) is 5.56 Å². The third-order valence-electron chi connectivity index (χ3n) is 3.74. The number of phenolic OH excluding ortho intramolecular Hbond substituents is 1. The standard InChI is InChI=1S/C15H24N2O2/c1-3-4-13(17-9-7-16-8-10-17)12-5-6-15(19-2)14(18)11-12/h5-6,11,13,16,18H,3-4,7-10H2,1-2H3/t13-/m1/s1. The number of ether oxygens (including phenoxy) is 1. The summed E-state index contributed by atoms with van der Waals surface area (Å²) < 4.78 is 5.11. The smallest absolute Gasteiger partial charge is 0.160 e. The summed E-state index contributed by atoms with van der Waals surface area (Å²) in [7, 11) is 1.58. The summed E-state index contributed by atoms with van der Waals surface area (Å²) in [4.78, 5) is 2.50. The van der Waals surface area contributed by atoms with Crippen LogP contribution in [0.5, 0.6) is 11.5 Å². The second kappa shape index (κ2) is 6.78. The molecule has 1 aliphatic rings. The van der Waals surface area contributed by atoms with E-state index in [0.29, 0.717) is 11.8 Å². The van der Waals surface area contributed by atoms with Crippen molar-refractivity contribution in [3.63, 3.8) is 0 Å². The summed E-state index contributed by atoms with van der Waals surface area (Å²) in [6.45, 7) is 6.43. The van der Waals surface area contributed by atoms with Gasteiger partial charge in [-0.1, -0.05) is 19.4 Å². The van der Waals surface area contributed by atoms with Crippen molar-refractivity contribution in [3.8, 4) is 11.5 Å². The summed E-state index contributed by atoms with van der Waals surface area (Å²) in [5.41, 5.74) is 1.18. The number of rotatable bonds is 5. The first-order chi connectivity index (χ1) is 9.26. The van der Waals surface area contributed by atoms with Crippen LogP contribution < -0.4 is 10.1 Å². The molecular formula is C15H24N2O2. The second-order valence-electron chi connectivity index (χ2n) is 5.02. The average Bonchev–Trinajstić information content (AvgIpc) is 2.45. The molecule has 0 amide bonds. The van der Waals surface area contributed by atoms with Crippen molar-refractivity contribution in [1.82, 2.24) is 10.2 Å². The summed E-state index contributed by atoms with van der Waals surface area (Å²) in [6, 6.07) is 6.17. The van der Waals surface area contributed by atoms with E-state index in [9.17, 15) is 5.11 Å². The van der Waals surface area contributed by atoms with Gasteiger partial charge in [-0.15, -0.1) is 0 Å². The van der Waals surface area contributed by atoms with Crippen LogP contribution in [0.25, 0.3) is 0 Å². The largest absolute Gasteiger partial charge is 0.504 e. The van der Waals surface area contributed by atoms with Gasteiger partial charge in [-0.25, -0.2) is 0 Å². The van der Waals surface area contributed by atoms with E-state index in [4.69, 9.17) is 4.74 Å². The van der Waals surface area contributed by atoms with E-state index in [0.717, 1.165) is 39.0 Å². The van der Waals surface area contributed by atoms with Crippen molar-refractivity contribution < 1.29 is 9.84 Å². The molecule has 106 valence electrons. The third kappa shape index (κ3) is 3.39. The van der Waals surface area contributed by atoms with Crippen molar-refractivity contribution in [2.45, 2.75) is 25.8 Å². The highest BCUT2D eigenvalue weighted by atomic mass is 16.5. The fourth-order valence-electron chi connectivity index (χ4n) is 2.74. The molecule has 2 rings (SSSR count). The van der Waals surface area contributed by atoms with E-state index in [1.54, 1.807) is 7.11 Å². The molecule has 0 spiro atoms. The van der Waals surface area contributed by atoms with Crippen molar-refractivity contribution in [2.24, 2.45) is 0 Å². The zero-order chi connectivity index (χ0) is 13.7. The monoisotopic (exact) mass is 264 g/mol. The Bertz CT molecular complexity index is 403. The molecule has 4 heteroatoms. The zero-order valence-electron chi connectivity index (χ0n) is 11.9. The Hall–Kier alpha value is -1.26. The highest BCUT2D eigenvalue weighted by Crippen LogP contribution is 2.33. The number of methoxy groups -OCH3 is 1. The van der Waals surface area contributed by atoms with Gasteiger partial charge < -0.3 is 15.2 Å². The Kier molecular flexibility index (Phi) is 5.05. The van der Waals surface area contributed by atoms with Crippen molar-refractivity contribution in [3.05, 3.63) is 23.8 Å². The Morgan fingerprint density at radius 2 is 2.11 bits per heavy atom. The lowest BCUT2D eigenvalue weighted by molar-refractivity contribution is 0.164. The second-order valence-corrected chi connectivity index (χ2v) is 5.02. The lowest BCUT2D eigenvalue weighted by Crippen LogP contribution is -2.45. The minimum atomic E-state index is 0.233. The molecule has 0 saturated carbocycles. The van der Waals surface area contributed by atoms with Gasteiger partial charge >= 0.3 is 0 Å². The SMILES string of the molecule is CCC[C@H](c1ccc(OC)c(O)c1)N1CCNCC1. The maximum atomic E-state index is 9.95. The first-order valence-corrected chi connectivity index (χ1v) is 7.08. The maximum Gasteiger partial charge on any atom is 0.160 e. The topological polar surface area (TPSA) is 44.7 Å². The molecule has 4 nitrogen and oxygen atoms in total. The normalized spacial score (nSPS) is 18.2. The Morgan fingerprint density at radius 3 is 2.68 bits per heavy atom. The fraction of sp³-hybridized carbons (Fsp3) is 0.600. The summed E-state index contributed by atoms with van der Waals surface area (Å²) in [5.74, 6) is 0.774. The van der Waals surface area contributed by atoms with Crippen LogP contribution in [0.1, 0.15) is 31.4 Å². The number of hydrogen-bond acceptors (Lipinski definition) is 4. The van der Waals surface area contributed by atoms with Crippen LogP contribution in [0.3, 0.4) is 0 Å². The van der Waals surface area contributed by atoms with Crippen molar-refractivity contribution >= 4 is 0 Å². The molecule has 1 aromatic rings. The van der Waals surface area contributed by atoms with Gasteiger partial charge in [-0.2, -0.15) is 0 Å². The van der Waals surface area contributed by atoms with Crippen LogP contribution >= 0.6 is 0 Å². The predicted molar refractivity (Wildman–Crippen MR) is 76.8 cm³/mol. The molecule has 0 aromatic heterocycles. The number of nitrogens with zero attached hydrogens (tertiary/aromatic N) is 1. The first kappa shape index (κ1) is 14.2. The quantitative estimate of drug-likeness (QED) is 0.855. The van der Waals surface area contributed by atoms with E-state index in [-0.39, 0.29) is 5.75 Å². The number of piperazine rings is 1. The van der Waals surface area contributed by atoms with E-state index in [1.807, 2.05) is 12.1 Å². The van der Waals surface area contributed by atoms with E-state index < -0.39 is 0 Å². The minimum absolute atomic E-state index is 0.233. The summed E-state index contributed by atoms with van der Waals surface area (Å²) in [6.07, 6.45) is 2.26. The zero-order valence-corrected chi connectivity index (χ0v) is 11.9. The number of hydrogen-bond donors (Lipinski definition) is 2. The predicted octanol–water partition coefficient (Wildman–Crippen LogP) is 2.15. The minimum Gasteiger partial charge on any atom is -0.504 e. The number of benzene rings is 1. The molecule has 1 saturated heterocycles. The van der Waals surface area contributed by atoms with E-state index in [2.05, 4.69) is 23.2 Å². The van der Waals surface area contributed by atoms with Crippen molar-refractivity contribution in [2.75, 3.05) is 33.3 Å². The number of aromatic hydroxyl groups is 1. The van der Waals surface area contributed by atoms with Crippen LogP contribution in [0.2, 0.25) is 0 Å². The maximum absolute atomic E-state index is 9.95. The highest BCUT2D eigenvalue weighted by molar-refractivity contribution is 5.42. The molecule has 0 radical (unpaired) electrons. The van der Waals surface area contributed by atoms with Gasteiger partial charge in [0.25, 0.3) is 0 Å². The van der Waals surface area contributed by atoms with Crippen LogP contribution in [-0.4, -0.2) is 43.3 Å². The first-order valence-electron chi connectivity index (χ1n) is 7.08. The van der Waals surface area contributed by atoms with Crippen LogP contribution in [0.15, 0.2) is 18.2 Å². The van der Waals surface area contributed by atoms with E-state index >= 15 is 0 Å². The third-order valence-corrected chi connectivity index (χ3v) is 3.74. The lowest BCUT2D eigenvalue weighted by atomic mass is 9.99. The van der Waals surface area contributed by atoms with Gasteiger partial charge in [0, 0.05) is 32.2 Å². The van der Waals surface area contributed by atoms with Gasteiger partial charge in [0.15, 0.2) is 11.5 Å². The highest BCUT2D eigenvalue weighted by Gasteiger charge is 2.22. The molecule has 0 unspecified atom stereocenters. The molecule has 0 bridgehead atoms.